The van der Waals surface area contributed by atoms with Gasteiger partial charge in [-0.05, 0) is 36.3 Å². The fourth-order valence-electron chi connectivity index (χ4n) is 3.10. The number of fused-ring (bicyclic) bond motifs is 1. The first-order chi connectivity index (χ1) is 10.1. The number of aliphatic carboxylic acids is 1. The van der Waals surface area contributed by atoms with Gasteiger partial charge in [-0.1, -0.05) is 0 Å². The molecule has 2 atom stereocenters. The van der Waals surface area contributed by atoms with Crippen LogP contribution in [0.2, 0.25) is 0 Å². The fraction of sp³-hybridized carbons (Fsp3) is 0.571. The standard InChI is InChI=1S/C14H18N2O4S/c17-9-2-1-5-15(8-9)14(20)16-6-3-11-10(4-7-21-11)12(16)13(18)19/h4,7,9,12,17H,1-3,5-6,8H2,(H,18,19). The van der Waals surface area contributed by atoms with Crippen LogP contribution in [0, 0.1) is 0 Å². The third-order valence-electron chi connectivity index (χ3n) is 4.11. The summed E-state index contributed by atoms with van der Waals surface area (Å²) in [7, 11) is 0. The summed E-state index contributed by atoms with van der Waals surface area (Å²) in [5.74, 6) is -1.000. The number of nitrogens with zero attached hydrogens (tertiary/aromatic N) is 2. The van der Waals surface area contributed by atoms with Crippen molar-refractivity contribution in [2.75, 3.05) is 19.6 Å². The summed E-state index contributed by atoms with van der Waals surface area (Å²) in [6, 6.07) is 0.605. The molecule has 0 aromatic carbocycles. The Hall–Kier alpha value is -1.60. The zero-order valence-electron chi connectivity index (χ0n) is 11.6. The average molecular weight is 310 g/mol. The van der Waals surface area contributed by atoms with E-state index in [-0.39, 0.29) is 12.6 Å². The Bertz CT molecular complexity index is 559. The second-order valence-corrected chi connectivity index (χ2v) is 6.51. The van der Waals surface area contributed by atoms with Crippen molar-refractivity contribution in [3.8, 4) is 0 Å². The van der Waals surface area contributed by atoms with Crippen LogP contribution >= 0.6 is 11.3 Å². The lowest BCUT2D eigenvalue weighted by Crippen LogP contribution is -2.52. The van der Waals surface area contributed by atoms with E-state index in [1.807, 2.05) is 5.38 Å². The van der Waals surface area contributed by atoms with Gasteiger partial charge in [0.05, 0.1) is 6.10 Å². The first kappa shape index (κ1) is 14.3. The Morgan fingerprint density at radius 3 is 2.86 bits per heavy atom. The number of β-amino-alcohol motifs (C(OH)–C–C–N with tert-alkyl or cyclic N) is 1. The van der Waals surface area contributed by atoms with Gasteiger partial charge in [0.15, 0.2) is 6.04 Å². The van der Waals surface area contributed by atoms with E-state index in [9.17, 15) is 19.8 Å². The van der Waals surface area contributed by atoms with E-state index in [2.05, 4.69) is 0 Å². The molecule has 2 unspecified atom stereocenters. The van der Waals surface area contributed by atoms with Gasteiger partial charge in [0, 0.05) is 24.5 Å². The zero-order valence-corrected chi connectivity index (χ0v) is 12.4. The molecular weight excluding hydrogens is 292 g/mol. The normalized spacial score (nSPS) is 25.6. The number of carboxylic acids is 1. The molecule has 0 aliphatic carbocycles. The Labute approximate surface area is 126 Å². The average Bonchev–Trinajstić information content (AvgIpc) is 2.93. The minimum absolute atomic E-state index is 0.280. The van der Waals surface area contributed by atoms with E-state index in [0.717, 1.165) is 16.9 Å². The number of amides is 2. The van der Waals surface area contributed by atoms with Crippen molar-refractivity contribution in [2.45, 2.75) is 31.4 Å². The van der Waals surface area contributed by atoms with Crippen LogP contribution < -0.4 is 0 Å². The van der Waals surface area contributed by atoms with Crippen LogP contribution in [-0.2, 0) is 11.2 Å². The quantitative estimate of drug-likeness (QED) is 0.819. The molecule has 1 aromatic heterocycles. The molecule has 3 rings (SSSR count). The van der Waals surface area contributed by atoms with Gasteiger partial charge in [0.25, 0.3) is 0 Å². The highest BCUT2D eigenvalue weighted by molar-refractivity contribution is 7.10. The number of hydrogen-bond donors (Lipinski definition) is 2. The number of thiophene rings is 1. The highest BCUT2D eigenvalue weighted by Gasteiger charge is 2.39. The number of rotatable bonds is 1. The number of carbonyl (C=O) groups excluding carboxylic acids is 1. The molecular formula is C14H18N2O4S. The molecule has 2 amide bonds. The van der Waals surface area contributed by atoms with Gasteiger partial charge < -0.3 is 20.0 Å². The maximum atomic E-state index is 12.6. The lowest BCUT2D eigenvalue weighted by atomic mass is 10.00. The molecule has 2 aliphatic rings. The summed E-state index contributed by atoms with van der Waals surface area (Å²) >= 11 is 1.54. The number of likely N-dealkylation sites (tertiary alicyclic amines) is 1. The zero-order chi connectivity index (χ0) is 15.0. The molecule has 0 spiro atoms. The Morgan fingerprint density at radius 2 is 2.14 bits per heavy atom. The smallest absolute Gasteiger partial charge is 0.331 e. The number of hydrogen-bond acceptors (Lipinski definition) is 4. The van der Waals surface area contributed by atoms with Crippen LogP contribution in [0.1, 0.15) is 29.3 Å². The topological polar surface area (TPSA) is 81.1 Å². The van der Waals surface area contributed by atoms with Crippen molar-refractivity contribution in [2.24, 2.45) is 0 Å². The van der Waals surface area contributed by atoms with Crippen LogP contribution in [0.4, 0.5) is 4.79 Å². The first-order valence-electron chi connectivity index (χ1n) is 7.10. The fourth-order valence-corrected chi connectivity index (χ4v) is 4.00. The predicted octanol–water partition coefficient (Wildman–Crippen LogP) is 1.31. The van der Waals surface area contributed by atoms with Crippen LogP contribution in [0.5, 0.6) is 0 Å². The summed E-state index contributed by atoms with van der Waals surface area (Å²) < 4.78 is 0. The largest absolute Gasteiger partial charge is 0.479 e. The molecule has 1 aromatic rings. The van der Waals surface area contributed by atoms with Crippen molar-refractivity contribution >= 4 is 23.3 Å². The number of piperidine rings is 1. The van der Waals surface area contributed by atoms with E-state index in [0.29, 0.717) is 25.9 Å². The van der Waals surface area contributed by atoms with Crippen molar-refractivity contribution in [1.82, 2.24) is 9.80 Å². The monoisotopic (exact) mass is 310 g/mol. The molecule has 2 aliphatic heterocycles. The molecule has 7 heteroatoms. The molecule has 1 fully saturated rings. The highest BCUT2D eigenvalue weighted by Crippen LogP contribution is 2.34. The second-order valence-electron chi connectivity index (χ2n) is 5.51. The molecule has 0 saturated carbocycles. The third kappa shape index (κ3) is 2.63. The van der Waals surface area contributed by atoms with Gasteiger partial charge in [-0.3, -0.25) is 0 Å². The molecule has 1 saturated heterocycles. The van der Waals surface area contributed by atoms with Crippen molar-refractivity contribution in [1.29, 1.82) is 0 Å². The van der Waals surface area contributed by atoms with E-state index in [1.54, 1.807) is 22.3 Å². The number of aliphatic hydroxyl groups excluding tert-OH is 1. The van der Waals surface area contributed by atoms with E-state index >= 15 is 0 Å². The van der Waals surface area contributed by atoms with E-state index in [4.69, 9.17) is 0 Å². The minimum atomic E-state index is -1.000. The van der Waals surface area contributed by atoms with Crippen molar-refractivity contribution in [3.63, 3.8) is 0 Å². The molecule has 0 radical (unpaired) electrons. The van der Waals surface area contributed by atoms with Gasteiger partial charge >= 0.3 is 12.0 Å². The molecule has 6 nitrogen and oxygen atoms in total. The van der Waals surface area contributed by atoms with Gasteiger partial charge in [-0.15, -0.1) is 11.3 Å². The van der Waals surface area contributed by atoms with Gasteiger partial charge in [-0.25, -0.2) is 9.59 Å². The maximum absolute atomic E-state index is 12.6. The molecule has 21 heavy (non-hydrogen) atoms. The number of carbonyl (C=O) groups is 2. The Balaban J connectivity index is 1.84. The van der Waals surface area contributed by atoms with Crippen molar-refractivity contribution in [3.05, 3.63) is 21.9 Å². The Morgan fingerprint density at radius 1 is 1.33 bits per heavy atom. The van der Waals surface area contributed by atoms with E-state index < -0.39 is 18.1 Å². The first-order valence-corrected chi connectivity index (χ1v) is 7.98. The third-order valence-corrected chi connectivity index (χ3v) is 5.11. The highest BCUT2D eigenvalue weighted by atomic mass is 32.1. The van der Waals surface area contributed by atoms with Crippen LogP contribution in [0.25, 0.3) is 0 Å². The summed E-state index contributed by atoms with van der Waals surface area (Å²) in [5, 5.41) is 21.1. The van der Waals surface area contributed by atoms with Crippen LogP contribution in [0.3, 0.4) is 0 Å². The molecule has 114 valence electrons. The molecule has 2 N–H and O–H groups in total. The summed E-state index contributed by atoms with van der Waals surface area (Å²) in [6.45, 7) is 1.28. The lowest BCUT2D eigenvalue weighted by molar-refractivity contribution is -0.143. The van der Waals surface area contributed by atoms with Crippen LogP contribution in [-0.4, -0.2) is 57.8 Å². The second kappa shape index (κ2) is 5.65. The number of urea groups is 1. The molecule has 0 bridgehead atoms. The van der Waals surface area contributed by atoms with Crippen LogP contribution in [0.15, 0.2) is 11.4 Å². The van der Waals surface area contributed by atoms with Gasteiger partial charge in [0.1, 0.15) is 0 Å². The van der Waals surface area contributed by atoms with Gasteiger partial charge in [-0.2, -0.15) is 0 Å². The molecule has 3 heterocycles. The number of carboxylic acid groups (broad SMARTS) is 1. The maximum Gasteiger partial charge on any atom is 0.331 e. The predicted molar refractivity (Wildman–Crippen MR) is 77.3 cm³/mol. The Kier molecular flexibility index (Phi) is 3.86. The van der Waals surface area contributed by atoms with E-state index in [1.165, 1.54) is 4.90 Å². The van der Waals surface area contributed by atoms with Gasteiger partial charge in [0.2, 0.25) is 0 Å². The van der Waals surface area contributed by atoms with Crippen molar-refractivity contribution < 1.29 is 19.8 Å². The summed E-state index contributed by atoms with van der Waals surface area (Å²) in [6.07, 6.45) is 1.63. The minimum Gasteiger partial charge on any atom is -0.479 e. The summed E-state index contributed by atoms with van der Waals surface area (Å²) in [5.41, 5.74) is 0.727. The summed E-state index contributed by atoms with van der Waals surface area (Å²) in [4.78, 5) is 28.3. The lowest BCUT2D eigenvalue weighted by Gasteiger charge is -2.39. The SMILES string of the molecule is O=C(O)C1c2ccsc2CCN1C(=O)N1CCCC(O)C1. The number of aliphatic hydroxyl groups is 1.